The van der Waals surface area contributed by atoms with E-state index in [1.54, 1.807) is 6.20 Å². The van der Waals surface area contributed by atoms with Crippen LogP contribution in [0, 0.1) is 0 Å². The molecule has 0 unspecified atom stereocenters. The first-order chi connectivity index (χ1) is 11.4. The molecular weight excluding hydrogens is 286 g/mol. The van der Waals surface area contributed by atoms with Gasteiger partial charge in [0.15, 0.2) is 11.4 Å². The minimum absolute atomic E-state index is 0.614. The van der Waals surface area contributed by atoms with Crippen molar-refractivity contribution in [2.45, 2.75) is 6.54 Å². The number of benzene rings is 2. The van der Waals surface area contributed by atoms with E-state index in [9.17, 15) is 0 Å². The zero-order valence-corrected chi connectivity index (χ0v) is 12.4. The molecule has 0 spiro atoms. The van der Waals surface area contributed by atoms with Crippen LogP contribution in [0.1, 0.15) is 5.69 Å². The fourth-order valence-corrected chi connectivity index (χ4v) is 2.55. The highest BCUT2D eigenvalue weighted by Crippen LogP contribution is 2.28. The van der Waals surface area contributed by atoms with E-state index in [1.165, 1.54) is 0 Å². The van der Waals surface area contributed by atoms with Crippen molar-refractivity contribution in [2.75, 3.05) is 5.32 Å². The third-order valence-corrected chi connectivity index (χ3v) is 3.74. The van der Waals surface area contributed by atoms with Gasteiger partial charge in [-0.15, -0.1) is 0 Å². The van der Waals surface area contributed by atoms with Crippen LogP contribution in [0.15, 0.2) is 77.4 Å². The number of aromatic nitrogens is 2. The lowest BCUT2D eigenvalue weighted by molar-refractivity contribution is 0.459. The Kier molecular flexibility index (Phi) is 3.48. The maximum atomic E-state index is 5.47. The molecule has 0 saturated carbocycles. The molecule has 2 aromatic heterocycles. The van der Waals surface area contributed by atoms with Crippen LogP contribution in [0.3, 0.4) is 0 Å². The molecule has 0 amide bonds. The van der Waals surface area contributed by atoms with Crippen molar-refractivity contribution < 1.29 is 4.52 Å². The molecule has 2 heterocycles. The lowest BCUT2D eigenvalue weighted by atomic mass is 10.0. The van der Waals surface area contributed by atoms with E-state index in [2.05, 4.69) is 33.7 Å². The van der Waals surface area contributed by atoms with Gasteiger partial charge in [-0.25, -0.2) is 0 Å². The van der Waals surface area contributed by atoms with Crippen LogP contribution >= 0.6 is 0 Å². The van der Waals surface area contributed by atoms with Crippen LogP contribution in [-0.2, 0) is 6.54 Å². The molecule has 4 aromatic rings. The monoisotopic (exact) mass is 301 g/mol. The lowest BCUT2D eigenvalue weighted by Crippen LogP contribution is -2.01. The first-order valence-corrected chi connectivity index (χ1v) is 7.49. The highest BCUT2D eigenvalue weighted by Gasteiger charge is 2.09. The van der Waals surface area contributed by atoms with Gasteiger partial charge in [0, 0.05) is 6.20 Å². The van der Waals surface area contributed by atoms with Gasteiger partial charge in [-0.1, -0.05) is 47.6 Å². The normalized spacial score (nSPS) is 10.8. The van der Waals surface area contributed by atoms with Crippen molar-refractivity contribution in [3.05, 3.63) is 78.6 Å². The molecule has 2 aromatic carbocycles. The number of nitrogens with one attached hydrogen (secondary N) is 1. The Morgan fingerprint density at radius 3 is 2.57 bits per heavy atom. The number of pyridine rings is 1. The second-order valence-electron chi connectivity index (χ2n) is 5.28. The molecular formula is C19H15N3O. The van der Waals surface area contributed by atoms with Gasteiger partial charge in [0.2, 0.25) is 0 Å². The third kappa shape index (κ3) is 2.79. The van der Waals surface area contributed by atoms with Crippen LogP contribution in [0.5, 0.6) is 0 Å². The average Bonchev–Trinajstić information content (AvgIpc) is 3.04. The molecule has 0 aliphatic heterocycles. The smallest absolute Gasteiger partial charge is 0.177 e. The standard InChI is InChI=1S/C19H15N3O/c1-2-6-14(7-3-1)15-9-10-17-18(12-15)23-22-19(17)21-13-16-8-4-5-11-20-16/h1-12H,13H2,(H,21,22). The first-order valence-electron chi connectivity index (χ1n) is 7.49. The van der Waals surface area contributed by atoms with Gasteiger partial charge in [-0.05, 0) is 35.4 Å². The molecule has 0 aliphatic rings. The maximum absolute atomic E-state index is 5.47. The van der Waals surface area contributed by atoms with Crippen LogP contribution in [0.4, 0.5) is 5.82 Å². The minimum atomic E-state index is 0.614. The van der Waals surface area contributed by atoms with E-state index in [0.29, 0.717) is 6.54 Å². The molecule has 4 rings (SSSR count). The summed E-state index contributed by atoms with van der Waals surface area (Å²) in [6.45, 7) is 0.614. The minimum Gasteiger partial charge on any atom is -0.361 e. The fourth-order valence-electron chi connectivity index (χ4n) is 2.55. The van der Waals surface area contributed by atoms with Crippen molar-refractivity contribution in [1.82, 2.24) is 10.1 Å². The number of nitrogens with zero attached hydrogens (tertiary/aromatic N) is 2. The Labute approximate surface area is 133 Å². The SMILES string of the molecule is c1ccc(-c2ccc3c(NCc4ccccn4)noc3c2)cc1. The molecule has 0 aliphatic carbocycles. The summed E-state index contributed by atoms with van der Waals surface area (Å²) < 4.78 is 5.47. The summed E-state index contributed by atoms with van der Waals surface area (Å²) in [7, 11) is 0. The second-order valence-corrected chi connectivity index (χ2v) is 5.28. The molecule has 1 N–H and O–H groups in total. The van der Waals surface area contributed by atoms with E-state index < -0.39 is 0 Å². The van der Waals surface area contributed by atoms with E-state index >= 15 is 0 Å². The van der Waals surface area contributed by atoms with Gasteiger partial charge < -0.3 is 9.84 Å². The van der Waals surface area contributed by atoms with Crippen molar-refractivity contribution in [3.63, 3.8) is 0 Å². The van der Waals surface area contributed by atoms with Gasteiger partial charge in [-0.3, -0.25) is 4.98 Å². The van der Waals surface area contributed by atoms with Crippen LogP contribution < -0.4 is 5.32 Å². The number of rotatable bonds is 4. The van der Waals surface area contributed by atoms with Crippen LogP contribution in [-0.4, -0.2) is 10.1 Å². The molecule has 112 valence electrons. The molecule has 0 atom stereocenters. The highest BCUT2D eigenvalue weighted by atomic mass is 16.5. The molecule has 0 fully saturated rings. The summed E-state index contributed by atoms with van der Waals surface area (Å²) in [4.78, 5) is 4.29. The molecule has 0 radical (unpaired) electrons. The predicted molar refractivity (Wildman–Crippen MR) is 91.0 cm³/mol. The maximum Gasteiger partial charge on any atom is 0.177 e. The summed E-state index contributed by atoms with van der Waals surface area (Å²) in [5, 5.41) is 8.38. The molecule has 0 saturated heterocycles. The number of fused-ring (bicyclic) bond motifs is 1. The van der Waals surface area contributed by atoms with E-state index in [-0.39, 0.29) is 0 Å². The zero-order valence-electron chi connectivity index (χ0n) is 12.4. The van der Waals surface area contributed by atoms with Crippen LogP contribution in [0.2, 0.25) is 0 Å². The summed E-state index contributed by atoms with van der Waals surface area (Å²) >= 11 is 0. The van der Waals surface area contributed by atoms with Gasteiger partial charge in [-0.2, -0.15) is 0 Å². The van der Waals surface area contributed by atoms with Crippen LogP contribution in [0.25, 0.3) is 22.1 Å². The predicted octanol–water partition coefficient (Wildman–Crippen LogP) is 4.50. The topological polar surface area (TPSA) is 51.0 Å². The average molecular weight is 301 g/mol. The fraction of sp³-hybridized carbons (Fsp3) is 0.0526. The molecule has 23 heavy (non-hydrogen) atoms. The Morgan fingerprint density at radius 1 is 0.870 bits per heavy atom. The van der Waals surface area contributed by atoms with Crippen molar-refractivity contribution in [2.24, 2.45) is 0 Å². The first kappa shape index (κ1) is 13.5. The third-order valence-electron chi connectivity index (χ3n) is 3.74. The Hall–Kier alpha value is -3.14. The summed E-state index contributed by atoms with van der Waals surface area (Å²) in [6, 6.07) is 22.2. The number of hydrogen-bond acceptors (Lipinski definition) is 4. The highest BCUT2D eigenvalue weighted by molar-refractivity contribution is 5.91. The number of hydrogen-bond donors (Lipinski definition) is 1. The van der Waals surface area contributed by atoms with Crippen molar-refractivity contribution in [3.8, 4) is 11.1 Å². The molecule has 0 bridgehead atoms. The number of anilines is 1. The van der Waals surface area contributed by atoms with Crippen molar-refractivity contribution in [1.29, 1.82) is 0 Å². The van der Waals surface area contributed by atoms with Crippen molar-refractivity contribution >= 4 is 16.8 Å². The Morgan fingerprint density at radius 2 is 1.74 bits per heavy atom. The zero-order chi connectivity index (χ0) is 15.5. The second kappa shape index (κ2) is 5.93. The summed E-state index contributed by atoms with van der Waals surface area (Å²) in [5.41, 5.74) is 4.01. The van der Waals surface area contributed by atoms with Gasteiger partial charge in [0.05, 0.1) is 17.6 Å². The quantitative estimate of drug-likeness (QED) is 0.603. The lowest BCUT2D eigenvalue weighted by Gasteiger charge is -2.03. The largest absolute Gasteiger partial charge is 0.361 e. The van der Waals surface area contributed by atoms with E-state index in [0.717, 1.165) is 33.6 Å². The summed E-state index contributed by atoms with van der Waals surface area (Å²) in [5.74, 6) is 0.741. The van der Waals surface area contributed by atoms with Gasteiger partial charge >= 0.3 is 0 Å². The Bertz CT molecular complexity index is 917. The van der Waals surface area contributed by atoms with E-state index in [4.69, 9.17) is 4.52 Å². The molecule has 4 nitrogen and oxygen atoms in total. The Balaban J connectivity index is 1.60. The molecule has 4 heteroatoms. The summed E-state index contributed by atoms with van der Waals surface area (Å²) in [6.07, 6.45) is 1.78. The van der Waals surface area contributed by atoms with E-state index in [1.807, 2.05) is 48.5 Å². The van der Waals surface area contributed by atoms with Gasteiger partial charge in [0.1, 0.15) is 0 Å². The van der Waals surface area contributed by atoms with Gasteiger partial charge in [0.25, 0.3) is 0 Å².